The molecule has 1 aromatic carbocycles. The van der Waals surface area contributed by atoms with Gasteiger partial charge >= 0.3 is 0 Å². The Morgan fingerprint density at radius 2 is 1.85 bits per heavy atom. The number of aliphatic hydroxyl groups is 1. The first-order valence-electron chi connectivity index (χ1n) is 9.96. The van der Waals surface area contributed by atoms with E-state index in [1.165, 1.54) is 38.2 Å². The van der Waals surface area contributed by atoms with E-state index in [1.54, 1.807) is 12.1 Å². The molecule has 27 heavy (non-hydrogen) atoms. The first-order chi connectivity index (χ1) is 12.9. The van der Waals surface area contributed by atoms with Crippen LogP contribution in [0.1, 0.15) is 63.9 Å². The molecule has 2 unspecified atom stereocenters. The van der Waals surface area contributed by atoms with Crippen LogP contribution in [0.15, 0.2) is 18.2 Å². The standard InChI is InChI=1S/C20H35FNO4P/c1-2-3-4-5-6-7-8-12-26-20-10-9-17(15-19(20)21)14-18(22)11-13-27(24,25)16-23/h9-10,15,18,23H,2-8,11-14,16,22H2,1H3,(H,24,25). The van der Waals surface area contributed by atoms with Gasteiger partial charge in [0, 0.05) is 12.2 Å². The van der Waals surface area contributed by atoms with Crippen LogP contribution in [0.2, 0.25) is 0 Å². The molecule has 0 saturated heterocycles. The van der Waals surface area contributed by atoms with Crippen molar-refractivity contribution in [2.75, 3.05) is 19.1 Å². The lowest BCUT2D eigenvalue weighted by Gasteiger charge is -2.15. The van der Waals surface area contributed by atoms with Crippen LogP contribution < -0.4 is 10.5 Å². The number of nitrogens with two attached hydrogens (primary N) is 1. The fourth-order valence-electron chi connectivity index (χ4n) is 2.87. The summed E-state index contributed by atoms with van der Waals surface area (Å²) in [5, 5.41) is 8.80. The fraction of sp³-hybridized carbons (Fsp3) is 0.700. The van der Waals surface area contributed by atoms with Gasteiger partial charge in [-0.1, -0.05) is 51.5 Å². The van der Waals surface area contributed by atoms with E-state index in [9.17, 15) is 13.8 Å². The lowest BCUT2D eigenvalue weighted by Crippen LogP contribution is -2.24. The van der Waals surface area contributed by atoms with E-state index in [0.29, 0.717) is 19.4 Å². The van der Waals surface area contributed by atoms with E-state index in [-0.39, 0.29) is 18.0 Å². The Bertz CT molecular complexity index is 585. The van der Waals surface area contributed by atoms with Gasteiger partial charge in [-0.25, -0.2) is 4.39 Å². The second kappa shape index (κ2) is 13.3. The van der Waals surface area contributed by atoms with Crippen LogP contribution in [0.4, 0.5) is 4.39 Å². The highest BCUT2D eigenvalue weighted by molar-refractivity contribution is 7.57. The fourth-order valence-corrected chi connectivity index (χ4v) is 3.75. The summed E-state index contributed by atoms with van der Waals surface area (Å²) in [5.74, 6) is -0.163. The lowest BCUT2D eigenvalue weighted by atomic mass is 10.0. The van der Waals surface area contributed by atoms with Gasteiger partial charge in [0.2, 0.25) is 7.37 Å². The van der Waals surface area contributed by atoms with E-state index < -0.39 is 19.5 Å². The van der Waals surface area contributed by atoms with Crippen molar-refractivity contribution < 1.29 is 23.7 Å². The van der Waals surface area contributed by atoms with Crippen molar-refractivity contribution in [2.45, 2.75) is 70.8 Å². The third-order valence-electron chi connectivity index (χ3n) is 4.57. The largest absolute Gasteiger partial charge is 0.491 e. The van der Waals surface area contributed by atoms with E-state index in [2.05, 4.69) is 6.92 Å². The summed E-state index contributed by atoms with van der Waals surface area (Å²) in [6.07, 6.45) is 8.21. The zero-order valence-electron chi connectivity index (χ0n) is 16.4. The van der Waals surface area contributed by atoms with Crippen molar-refractivity contribution in [1.82, 2.24) is 0 Å². The number of aliphatic hydroxyl groups excluding tert-OH is 1. The Morgan fingerprint density at radius 1 is 1.19 bits per heavy atom. The van der Waals surface area contributed by atoms with Crippen LogP contribution >= 0.6 is 7.37 Å². The van der Waals surface area contributed by atoms with Crippen molar-refractivity contribution in [1.29, 1.82) is 0 Å². The first kappa shape index (κ1) is 24.1. The van der Waals surface area contributed by atoms with Gasteiger partial charge in [-0.3, -0.25) is 4.57 Å². The Morgan fingerprint density at radius 3 is 2.48 bits per heavy atom. The van der Waals surface area contributed by atoms with Gasteiger partial charge in [-0.05, 0) is 37.0 Å². The molecule has 0 heterocycles. The van der Waals surface area contributed by atoms with Crippen molar-refractivity contribution in [3.63, 3.8) is 0 Å². The highest BCUT2D eigenvalue weighted by Crippen LogP contribution is 2.39. The zero-order valence-corrected chi connectivity index (χ0v) is 17.3. The van der Waals surface area contributed by atoms with Crippen LogP contribution in [0.5, 0.6) is 5.75 Å². The maximum Gasteiger partial charge on any atom is 0.225 e. The van der Waals surface area contributed by atoms with E-state index >= 15 is 0 Å². The molecule has 7 heteroatoms. The van der Waals surface area contributed by atoms with Gasteiger partial charge in [-0.2, -0.15) is 0 Å². The van der Waals surface area contributed by atoms with Crippen LogP contribution in [0, 0.1) is 5.82 Å². The Hall–Kier alpha value is -0.940. The van der Waals surface area contributed by atoms with Crippen LogP contribution in [-0.4, -0.2) is 35.2 Å². The summed E-state index contributed by atoms with van der Waals surface area (Å²) in [6, 6.07) is 4.43. The quantitative estimate of drug-likeness (QED) is 0.297. The maximum absolute atomic E-state index is 14.2. The molecule has 1 aromatic rings. The first-order valence-corrected chi connectivity index (χ1v) is 12.0. The number of benzene rings is 1. The van der Waals surface area contributed by atoms with Crippen molar-refractivity contribution in [2.24, 2.45) is 5.73 Å². The van der Waals surface area contributed by atoms with E-state index in [0.717, 1.165) is 18.4 Å². The average molecular weight is 403 g/mol. The summed E-state index contributed by atoms with van der Waals surface area (Å²) in [6.45, 7) is 2.71. The molecule has 0 saturated carbocycles. The molecule has 0 amide bonds. The molecule has 0 aromatic heterocycles. The predicted molar refractivity (Wildman–Crippen MR) is 108 cm³/mol. The minimum absolute atomic E-state index is 0.0349. The molecule has 0 radical (unpaired) electrons. The molecule has 0 fully saturated rings. The maximum atomic E-state index is 14.2. The molecule has 1 rings (SSSR count). The van der Waals surface area contributed by atoms with Crippen molar-refractivity contribution >= 4 is 7.37 Å². The SMILES string of the molecule is CCCCCCCCCOc1ccc(CC(N)CCP(=O)(O)CO)cc1F. The van der Waals surface area contributed by atoms with E-state index in [4.69, 9.17) is 15.6 Å². The molecule has 156 valence electrons. The number of hydrogen-bond donors (Lipinski definition) is 3. The molecular formula is C20H35FNO4P. The average Bonchev–Trinajstić information content (AvgIpc) is 2.64. The van der Waals surface area contributed by atoms with Gasteiger partial charge in [0.05, 0.1) is 6.61 Å². The van der Waals surface area contributed by atoms with Crippen molar-refractivity contribution in [3.05, 3.63) is 29.6 Å². The van der Waals surface area contributed by atoms with Crippen LogP contribution in [0.3, 0.4) is 0 Å². The number of rotatable bonds is 15. The van der Waals surface area contributed by atoms with Gasteiger partial charge in [0.1, 0.15) is 6.35 Å². The normalized spacial score (nSPS) is 14.7. The second-order valence-corrected chi connectivity index (χ2v) is 9.62. The molecule has 0 bridgehead atoms. The second-order valence-electron chi connectivity index (χ2n) is 7.20. The zero-order chi connectivity index (χ0) is 20.1. The van der Waals surface area contributed by atoms with Crippen LogP contribution in [0.25, 0.3) is 0 Å². The minimum atomic E-state index is -3.49. The minimum Gasteiger partial charge on any atom is -0.491 e. The van der Waals surface area contributed by atoms with Gasteiger partial charge in [0.25, 0.3) is 0 Å². The third kappa shape index (κ3) is 10.8. The topological polar surface area (TPSA) is 92.8 Å². The Balaban J connectivity index is 2.31. The molecule has 5 nitrogen and oxygen atoms in total. The number of hydrogen-bond acceptors (Lipinski definition) is 4. The predicted octanol–water partition coefficient (Wildman–Crippen LogP) is 4.44. The molecule has 4 N–H and O–H groups in total. The summed E-state index contributed by atoms with van der Waals surface area (Å²) in [7, 11) is -3.49. The summed E-state index contributed by atoms with van der Waals surface area (Å²) in [4.78, 5) is 9.37. The van der Waals surface area contributed by atoms with Crippen LogP contribution in [-0.2, 0) is 11.0 Å². The third-order valence-corrected chi connectivity index (χ3v) is 5.97. The number of ether oxygens (including phenoxy) is 1. The summed E-state index contributed by atoms with van der Waals surface area (Å²) < 4.78 is 31.1. The molecule has 0 aliphatic carbocycles. The Labute approximate surface area is 162 Å². The highest BCUT2D eigenvalue weighted by Gasteiger charge is 2.18. The molecule has 2 atom stereocenters. The molecular weight excluding hydrogens is 368 g/mol. The monoisotopic (exact) mass is 403 g/mol. The lowest BCUT2D eigenvalue weighted by molar-refractivity contribution is 0.289. The smallest absolute Gasteiger partial charge is 0.225 e. The number of unbranched alkanes of at least 4 members (excludes halogenated alkanes) is 6. The van der Waals surface area contributed by atoms with Gasteiger partial charge in [0.15, 0.2) is 11.6 Å². The van der Waals surface area contributed by atoms with E-state index in [1.807, 2.05) is 0 Å². The molecule has 0 aliphatic rings. The molecule has 0 aliphatic heterocycles. The van der Waals surface area contributed by atoms with Gasteiger partial charge < -0.3 is 20.5 Å². The Kier molecular flexibility index (Phi) is 11.8. The number of halogens is 1. The summed E-state index contributed by atoms with van der Waals surface area (Å²) in [5.41, 5.74) is 6.67. The molecule has 0 spiro atoms. The van der Waals surface area contributed by atoms with Gasteiger partial charge in [-0.15, -0.1) is 0 Å². The highest BCUT2D eigenvalue weighted by atomic mass is 31.2. The van der Waals surface area contributed by atoms with Crippen molar-refractivity contribution in [3.8, 4) is 5.75 Å². The summed E-state index contributed by atoms with van der Waals surface area (Å²) >= 11 is 0.